The average Bonchev–Trinajstić information content (AvgIpc) is 3.29. The molecule has 0 radical (unpaired) electrons. The Morgan fingerprint density at radius 1 is 0.368 bits per heavy atom. The summed E-state index contributed by atoms with van der Waals surface area (Å²) in [6.07, 6.45) is 0.901. The first-order chi connectivity index (χ1) is 18.8. The topological polar surface area (TPSA) is 0 Å². The average molecular weight is 485 g/mol. The van der Waals surface area contributed by atoms with Crippen molar-refractivity contribution in [3.63, 3.8) is 0 Å². The first-order valence-electron chi connectivity index (χ1n) is 13.3. The predicted octanol–water partition coefficient (Wildman–Crippen LogP) is 9.31. The van der Waals surface area contributed by atoms with Crippen molar-refractivity contribution in [3.8, 4) is 22.3 Å². The van der Waals surface area contributed by atoms with Crippen LogP contribution in [0.4, 0.5) is 0 Å². The summed E-state index contributed by atoms with van der Waals surface area (Å²) in [5.74, 6) is 0. The minimum Gasteiger partial charge on any atom is -0.0622 e. The number of benzene rings is 6. The molecule has 38 heavy (non-hydrogen) atoms. The molecular weight excluding hydrogens is 456 g/mol. The van der Waals surface area contributed by atoms with Gasteiger partial charge < -0.3 is 0 Å². The van der Waals surface area contributed by atoms with E-state index >= 15 is 0 Å². The van der Waals surface area contributed by atoms with Crippen LogP contribution in [0.5, 0.6) is 0 Å². The van der Waals surface area contributed by atoms with Gasteiger partial charge in [-0.15, -0.1) is 0 Å². The van der Waals surface area contributed by atoms with Crippen LogP contribution in [0.1, 0.15) is 33.4 Å². The molecule has 0 aromatic heterocycles. The standard InChI is InChI=1S/C38H28/c1-4-12-30(13-5-1)31-23-20-28(21-24-31)26-29-22-25-35-34-18-10-11-19-36(34)38(37(35)27-29,32-14-6-2-7-15-32)33-16-8-3-9-17-33/h1-25,27H,26H2. The van der Waals surface area contributed by atoms with E-state index in [2.05, 4.69) is 158 Å². The molecule has 6 aromatic carbocycles. The van der Waals surface area contributed by atoms with Crippen molar-refractivity contribution in [2.45, 2.75) is 11.8 Å². The SMILES string of the molecule is c1ccc(-c2ccc(Cc3ccc4c(c3)C(c3ccccc3)(c3ccccc3)c3ccccc3-4)cc2)cc1. The zero-order valence-corrected chi connectivity index (χ0v) is 21.2. The van der Waals surface area contributed by atoms with E-state index in [-0.39, 0.29) is 5.41 Å². The van der Waals surface area contributed by atoms with Gasteiger partial charge in [-0.3, -0.25) is 0 Å². The highest BCUT2D eigenvalue weighted by atomic mass is 14.5. The molecule has 1 aliphatic carbocycles. The van der Waals surface area contributed by atoms with E-state index in [9.17, 15) is 0 Å². The van der Waals surface area contributed by atoms with Gasteiger partial charge in [0.15, 0.2) is 0 Å². The van der Waals surface area contributed by atoms with Gasteiger partial charge in [-0.2, -0.15) is 0 Å². The summed E-state index contributed by atoms with van der Waals surface area (Å²) in [5.41, 5.74) is 12.8. The molecule has 0 aliphatic heterocycles. The van der Waals surface area contributed by atoms with E-state index in [0.717, 1.165) is 6.42 Å². The second kappa shape index (κ2) is 9.32. The minimum absolute atomic E-state index is 0.346. The van der Waals surface area contributed by atoms with Gasteiger partial charge >= 0.3 is 0 Å². The summed E-state index contributed by atoms with van der Waals surface area (Å²) in [6, 6.07) is 57.7. The van der Waals surface area contributed by atoms with Gasteiger partial charge in [-0.25, -0.2) is 0 Å². The molecule has 7 rings (SSSR count). The predicted molar refractivity (Wildman–Crippen MR) is 158 cm³/mol. The van der Waals surface area contributed by atoms with Gasteiger partial charge in [0, 0.05) is 0 Å². The number of rotatable bonds is 5. The summed E-state index contributed by atoms with van der Waals surface area (Å²) in [7, 11) is 0. The van der Waals surface area contributed by atoms with Gasteiger partial charge in [0.1, 0.15) is 0 Å². The van der Waals surface area contributed by atoms with E-state index in [1.165, 1.54) is 55.6 Å². The maximum Gasteiger partial charge on any atom is 0.0713 e. The smallest absolute Gasteiger partial charge is 0.0622 e. The third kappa shape index (κ3) is 3.61. The summed E-state index contributed by atoms with van der Waals surface area (Å²) < 4.78 is 0. The van der Waals surface area contributed by atoms with Gasteiger partial charge in [0.25, 0.3) is 0 Å². The van der Waals surface area contributed by atoms with Crippen molar-refractivity contribution in [1.82, 2.24) is 0 Å². The molecule has 0 N–H and O–H groups in total. The third-order valence-electron chi connectivity index (χ3n) is 7.99. The maximum atomic E-state index is 2.46. The van der Waals surface area contributed by atoms with Gasteiger partial charge in [0.2, 0.25) is 0 Å². The van der Waals surface area contributed by atoms with Gasteiger partial charge in [-0.1, -0.05) is 158 Å². The second-order valence-electron chi connectivity index (χ2n) is 10.1. The van der Waals surface area contributed by atoms with Crippen molar-refractivity contribution in [1.29, 1.82) is 0 Å². The first kappa shape index (κ1) is 22.5. The van der Waals surface area contributed by atoms with Crippen LogP contribution in [0.2, 0.25) is 0 Å². The normalized spacial score (nSPS) is 13.1. The van der Waals surface area contributed by atoms with Crippen molar-refractivity contribution in [3.05, 3.63) is 191 Å². The Morgan fingerprint density at radius 2 is 0.868 bits per heavy atom. The van der Waals surface area contributed by atoms with Crippen LogP contribution in [0, 0.1) is 0 Å². The fourth-order valence-corrected chi connectivity index (χ4v) is 6.28. The number of hydrogen-bond acceptors (Lipinski definition) is 0. The summed E-state index contributed by atoms with van der Waals surface area (Å²) in [6.45, 7) is 0. The molecule has 0 heteroatoms. The Balaban J connectivity index is 1.37. The van der Waals surface area contributed by atoms with Crippen LogP contribution in [0.3, 0.4) is 0 Å². The lowest BCUT2D eigenvalue weighted by Crippen LogP contribution is -2.28. The lowest BCUT2D eigenvalue weighted by Gasteiger charge is -2.34. The highest BCUT2D eigenvalue weighted by Crippen LogP contribution is 2.56. The molecule has 180 valence electrons. The van der Waals surface area contributed by atoms with Crippen molar-refractivity contribution in [2.24, 2.45) is 0 Å². The highest BCUT2D eigenvalue weighted by molar-refractivity contribution is 5.86. The highest BCUT2D eigenvalue weighted by Gasteiger charge is 2.45. The van der Waals surface area contributed by atoms with Crippen LogP contribution in [-0.2, 0) is 11.8 Å². The third-order valence-corrected chi connectivity index (χ3v) is 7.99. The molecule has 1 aliphatic rings. The lowest BCUT2D eigenvalue weighted by molar-refractivity contribution is 0.767. The van der Waals surface area contributed by atoms with Crippen LogP contribution in [0.25, 0.3) is 22.3 Å². The van der Waals surface area contributed by atoms with Crippen LogP contribution >= 0.6 is 0 Å². The molecule has 0 atom stereocenters. The van der Waals surface area contributed by atoms with E-state index < -0.39 is 0 Å². The van der Waals surface area contributed by atoms with Crippen LogP contribution in [0.15, 0.2) is 158 Å². The van der Waals surface area contributed by atoms with E-state index in [0.29, 0.717) is 0 Å². The molecular formula is C38H28. The molecule has 6 aromatic rings. The monoisotopic (exact) mass is 484 g/mol. The summed E-state index contributed by atoms with van der Waals surface area (Å²) >= 11 is 0. The molecule has 0 spiro atoms. The van der Waals surface area contributed by atoms with Crippen LogP contribution < -0.4 is 0 Å². The Morgan fingerprint density at radius 3 is 1.53 bits per heavy atom. The van der Waals surface area contributed by atoms with Crippen molar-refractivity contribution >= 4 is 0 Å². The van der Waals surface area contributed by atoms with E-state index in [1.807, 2.05) is 0 Å². The van der Waals surface area contributed by atoms with Gasteiger partial charge in [-0.05, 0) is 62.1 Å². The zero-order chi connectivity index (χ0) is 25.4. The maximum absolute atomic E-state index is 2.46. The van der Waals surface area contributed by atoms with Gasteiger partial charge in [0.05, 0.1) is 5.41 Å². The number of fused-ring (bicyclic) bond motifs is 3. The first-order valence-corrected chi connectivity index (χ1v) is 13.3. The Labute approximate surface area is 224 Å². The van der Waals surface area contributed by atoms with Crippen molar-refractivity contribution < 1.29 is 0 Å². The fourth-order valence-electron chi connectivity index (χ4n) is 6.28. The molecule has 0 unspecified atom stereocenters. The molecule has 0 saturated heterocycles. The molecule has 0 saturated carbocycles. The molecule has 0 amide bonds. The Kier molecular flexibility index (Phi) is 5.52. The molecule has 0 fully saturated rings. The lowest BCUT2D eigenvalue weighted by atomic mass is 9.67. The molecule has 0 heterocycles. The Bertz CT molecular complexity index is 1660. The summed E-state index contributed by atoms with van der Waals surface area (Å²) in [4.78, 5) is 0. The minimum atomic E-state index is -0.346. The Hall–Kier alpha value is -4.68. The van der Waals surface area contributed by atoms with Crippen molar-refractivity contribution in [2.75, 3.05) is 0 Å². The zero-order valence-electron chi connectivity index (χ0n) is 21.2. The van der Waals surface area contributed by atoms with Crippen LogP contribution in [-0.4, -0.2) is 0 Å². The molecule has 0 bridgehead atoms. The molecule has 0 nitrogen and oxygen atoms in total. The number of hydrogen-bond donors (Lipinski definition) is 0. The second-order valence-corrected chi connectivity index (χ2v) is 10.1. The van der Waals surface area contributed by atoms with E-state index in [1.54, 1.807) is 0 Å². The summed E-state index contributed by atoms with van der Waals surface area (Å²) in [5, 5.41) is 0. The largest absolute Gasteiger partial charge is 0.0713 e. The van der Waals surface area contributed by atoms with E-state index in [4.69, 9.17) is 0 Å². The fraction of sp³-hybridized carbons (Fsp3) is 0.0526. The quantitative estimate of drug-likeness (QED) is 0.228.